The molecular weight excluding hydrogens is 261 g/mol. The maximum Gasteiger partial charge on any atom is 0.417 e. The van der Waals surface area contributed by atoms with Crippen LogP contribution in [0.1, 0.15) is 10.4 Å². The molecule has 1 unspecified atom stereocenters. The maximum atomic E-state index is 12.0. The van der Waals surface area contributed by atoms with Crippen molar-refractivity contribution in [3.8, 4) is 5.75 Å². The van der Waals surface area contributed by atoms with E-state index >= 15 is 0 Å². The normalized spacial score (nSPS) is 13.2. The fourth-order valence-corrected chi connectivity index (χ4v) is 1.19. The predicted octanol–water partition coefficient (Wildman–Crippen LogP) is 2.45. The largest absolute Gasteiger partial charge is 0.490 e. The average Bonchev–Trinajstić information content (AvgIpc) is 2.25. The molecule has 0 spiro atoms. The molecule has 1 rings (SSSR count). The van der Waals surface area contributed by atoms with Gasteiger partial charge in [0.2, 0.25) is 0 Å². The number of aldehydes is 1. The highest BCUT2D eigenvalue weighted by Gasteiger charge is 2.38. The number of hydrogen-bond donors (Lipinski definition) is 1. The van der Waals surface area contributed by atoms with Crippen LogP contribution >= 0.6 is 11.6 Å². The van der Waals surface area contributed by atoms with E-state index in [4.69, 9.17) is 21.4 Å². The molecule has 1 N–H and O–H groups in total. The molecule has 1 aromatic rings. The number of hydrogen-bond acceptors (Lipinski definition) is 3. The van der Waals surface area contributed by atoms with Crippen LogP contribution in [0, 0.1) is 0 Å². The second-order valence-corrected chi connectivity index (χ2v) is 3.60. The molecule has 0 aromatic heterocycles. The maximum absolute atomic E-state index is 12.0. The summed E-state index contributed by atoms with van der Waals surface area (Å²) in [7, 11) is 0. The van der Waals surface area contributed by atoms with Crippen molar-refractivity contribution in [2.75, 3.05) is 6.61 Å². The van der Waals surface area contributed by atoms with Crippen LogP contribution in [0.2, 0.25) is 5.02 Å². The van der Waals surface area contributed by atoms with Crippen molar-refractivity contribution in [2.24, 2.45) is 0 Å². The van der Waals surface area contributed by atoms with Crippen LogP contribution in [0.25, 0.3) is 0 Å². The van der Waals surface area contributed by atoms with Gasteiger partial charge in [-0.1, -0.05) is 11.6 Å². The van der Waals surface area contributed by atoms with Crippen molar-refractivity contribution < 1.29 is 27.8 Å². The van der Waals surface area contributed by atoms with Crippen LogP contribution in [0.4, 0.5) is 13.2 Å². The number of ether oxygens (including phenoxy) is 1. The quantitative estimate of drug-likeness (QED) is 0.853. The third-order valence-electron chi connectivity index (χ3n) is 1.87. The van der Waals surface area contributed by atoms with Gasteiger partial charge in [0, 0.05) is 5.02 Å². The van der Waals surface area contributed by atoms with Gasteiger partial charge in [0.1, 0.15) is 12.4 Å². The van der Waals surface area contributed by atoms with E-state index in [1.54, 1.807) is 0 Å². The molecule has 1 aromatic carbocycles. The summed E-state index contributed by atoms with van der Waals surface area (Å²) in [6.45, 7) is -0.980. The van der Waals surface area contributed by atoms with Crippen molar-refractivity contribution >= 4 is 17.9 Å². The highest BCUT2D eigenvalue weighted by atomic mass is 35.5. The van der Waals surface area contributed by atoms with Crippen molar-refractivity contribution in [2.45, 2.75) is 12.3 Å². The molecule has 0 aliphatic rings. The lowest BCUT2D eigenvalue weighted by Crippen LogP contribution is -2.34. The molecule has 0 saturated carbocycles. The van der Waals surface area contributed by atoms with Gasteiger partial charge >= 0.3 is 6.18 Å². The van der Waals surface area contributed by atoms with Gasteiger partial charge in [-0.2, -0.15) is 13.2 Å². The summed E-state index contributed by atoms with van der Waals surface area (Å²) in [5, 5.41) is 8.96. The zero-order valence-electron chi connectivity index (χ0n) is 8.37. The van der Waals surface area contributed by atoms with Gasteiger partial charge in [-0.3, -0.25) is 4.79 Å². The first-order valence-corrected chi connectivity index (χ1v) is 4.84. The molecule has 0 heterocycles. The number of alkyl halides is 3. The highest BCUT2D eigenvalue weighted by Crippen LogP contribution is 2.24. The van der Waals surface area contributed by atoms with E-state index in [0.29, 0.717) is 6.29 Å². The smallest absolute Gasteiger partial charge is 0.417 e. The number of rotatable bonds is 4. The number of carbonyl (C=O) groups excluding carboxylic acids is 1. The van der Waals surface area contributed by atoms with E-state index in [-0.39, 0.29) is 16.3 Å². The molecule has 0 aliphatic heterocycles. The lowest BCUT2D eigenvalue weighted by molar-refractivity contribution is -0.210. The fraction of sp³-hybridized carbons (Fsp3) is 0.300. The zero-order valence-corrected chi connectivity index (χ0v) is 9.13. The molecule has 0 saturated heterocycles. The van der Waals surface area contributed by atoms with Crippen LogP contribution in [0.3, 0.4) is 0 Å². The van der Waals surface area contributed by atoms with Gasteiger partial charge in [-0.15, -0.1) is 0 Å². The Kier molecular flexibility index (Phi) is 4.36. The number of aliphatic hydroxyl groups is 1. The minimum absolute atomic E-state index is 0.0203. The van der Waals surface area contributed by atoms with Crippen molar-refractivity contribution in [1.29, 1.82) is 0 Å². The van der Waals surface area contributed by atoms with Gasteiger partial charge in [0.15, 0.2) is 12.4 Å². The van der Waals surface area contributed by atoms with Gasteiger partial charge in [0.25, 0.3) is 0 Å². The van der Waals surface area contributed by atoms with Crippen molar-refractivity contribution in [3.63, 3.8) is 0 Å². The minimum Gasteiger partial charge on any atom is -0.490 e. The van der Waals surface area contributed by atoms with Crippen molar-refractivity contribution in [3.05, 3.63) is 28.8 Å². The highest BCUT2D eigenvalue weighted by molar-refractivity contribution is 6.30. The summed E-state index contributed by atoms with van der Waals surface area (Å²) in [5.41, 5.74) is 0.0203. The Labute approximate surface area is 99.8 Å². The van der Waals surface area contributed by atoms with Gasteiger partial charge in [-0.05, 0) is 18.2 Å². The first-order valence-electron chi connectivity index (χ1n) is 4.47. The Morgan fingerprint density at radius 2 is 2.12 bits per heavy atom. The molecule has 1 atom stereocenters. The average molecular weight is 269 g/mol. The summed E-state index contributed by atoms with van der Waals surface area (Å²) < 4.78 is 40.6. The Bertz CT molecular complexity index is 406. The first kappa shape index (κ1) is 13.8. The van der Waals surface area contributed by atoms with E-state index in [2.05, 4.69) is 0 Å². The van der Waals surface area contributed by atoms with Crippen LogP contribution in [-0.2, 0) is 0 Å². The van der Waals surface area contributed by atoms with Crippen LogP contribution in [0.5, 0.6) is 5.75 Å². The Morgan fingerprint density at radius 1 is 1.47 bits per heavy atom. The number of aliphatic hydroxyl groups excluding tert-OH is 1. The number of halogens is 4. The van der Waals surface area contributed by atoms with Crippen LogP contribution in [0.15, 0.2) is 18.2 Å². The second kappa shape index (κ2) is 5.37. The molecule has 7 heteroatoms. The number of carbonyl (C=O) groups is 1. The molecule has 17 heavy (non-hydrogen) atoms. The molecule has 0 radical (unpaired) electrons. The SMILES string of the molecule is O=Cc1cc(Cl)ccc1OCC(O)C(F)(F)F. The molecule has 0 amide bonds. The van der Waals surface area contributed by atoms with E-state index in [1.165, 1.54) is 18.2 Å². The summed E-state index contributed by atoms with van der Waals surface area (Å²) >= 11 is 5.59. The third-order valence-corrected chi connectivity index (χ3v) is 2.11. The Morgan fingerprint density at radius 3 is 2.65 bits per heavy atom. The fourth-order valence-electron chi connectivity index (χ4n) is 1.01. The number of benzene rings is 1. The van der Waals surface area contributed by atoms with Gasteiger partial charge in [-0.25, -0.2) is 0 Å². The van der Waals surface area contributed by atoms with E-state index < -0.39 is 18.9 Å². The van der Waals surface area contributed by atoms with Crippen molar-refractivity contribution in [1.82, 2.24) is 0 Å². The third kappa shape index (κ3) is 3.90. The molecule has 0 bridgehead atoms. The summed E-state index contributed by atoms with van der Waals surface area (Å²) in [6.07, 6.45) is -6.95. The van der Waals surface area contributed by atoms with Gasteiger partial charge in [0.05, 0.1) is 5.56 Å². The minimum atomic E-state index is -4.76. The predicted molar refractivity (Wildman–Crippen MR) is 54.4 cm³/mol. The Balaban J connectivity index is 2.73. The summed E-state index contributed by atoms with van der Waals surface area (Å²) in [5.74, 6) is -0.0623. The van der Waals surface area contributed by atoms with Crippen LogP contribution < -0.4 is 4.74 Å². The van der Waals surface area contributed by atoms with Crippen LogP contribution in [-0.4, -0.2) is 30.3 Å². The molecule has 0 fully saturated rings. The molecule has 3 nitrogen and oxygen atoms in total. The standard InChI is InChI=1S/C10H8ClF3O3/c11-7-1-2-8(6(3-7)4-15)17-5-9(16)10(12,13)14/h1-4,9,16H,5H2. The Hall–Kier alpha value is -1.27. The summed E-state index contributed by atoms with van der Waals surface area (Å²) in [6, 6.07) is 3.88. The van der Waals surface area contributed by atoms with Gasteiger partial charge < -0.3 is 9.84 Å². The molecule has 0 aliphatic carbocycles. The first-order chi connectivity index (χ1) is 7.84. The topological polar surface area (TPSA) is 46.5 Å². The lowest BCUT2D eigenvalue weighted by atomic mass is 10.2. The van der Waals surface area contributed by atoms with E-state index in [0.717, 1.165) is 0 Å². The van der Waals surface area contributed by atoms with E-state index in [9.17, 15) is 18.0 Å². The summed E-state index contributed by atoms with van der Waals surface area (Å²) in [4.78, 5) is 10.6. The zero-order chi connectivity index (χ0) is 13.1. The monoisotopic (exact) mass is 268 g/mol. The molecule has 94 valence electrons. The molecular formula is C10H8ClF3O3. The second-order valence-electron chi connectivity index (χ2n) is 3.17. The lowest BCUT2D eigenvalue weighted by Gasteiger charge is -2.16. The van der Waals surface area contributed by atoms with E-state index in [1.807, 2.05) is 0 Å².